The lowest BCUT2D eigenvalue weighted by Crippen LogP contribution is -2.27. The Morgan fingerprint density at radius 3 is 2.72 bits per heavy atom. The van der Waals surface area contributed by atoms with E-state index in [1.807, 2.05) is 6.20 Å². The monoisotopic (exact) mass is 316 g/mol. The number of aromatic nitrogens is 2. The van der Waals surface area contributed by atoms with Gasteiger partial charge in [0.2, 0.25) is 0 Å². The molecule has 5 heteroatoms. The predicted molar refractivity (Wildman–Crippen MR) is 79.8 cm³/mol. The van der Waals surface area contributed by atoms with Gasteiger partial charge in [0.25, 0.3) is 0 Å². The molecule has 0 bridgehead atoms. The van der Waals surface area contributed by atoms with Crippen LogP contribution >= 0.6 is 15.9 Å². The molecule has 1 atom stereocenters. The van der Waals surface area contributed by atoms with E-state index in [-0.39, 0.29) is 0 Å². The lowest BCUT2D eigenvalue weighted by Gasteiger charge is -2.20. The van der Waals surface area contributed by atoms with E-state index in [9.17, 15) is 0 Å². The van der Waals surface area contributed by atoms with Gasteiger partial charge in [0.1, 0.15) is 0 Å². The van der Waals surface area contributed by atoms with E-state index in [1.54, 1.807) is 0 Å². The van der Waals surface area contributed by atoms with Crippen molar-refractivity contribution < 1.29 is 0 Å². The highest BCUT2D eigenvalue weighted by Crippen LogP contribution is 2.25. The Hall–Kier alpha value is -0.390. The lowest BCUT2D eigenvalue weighted by atomic mass is 10.1. The van der Waals surface area contributed by atoms with Gasteiger partial charge in [-0.1, -0.05) is 13.8 Å². The fourth-order valence-electron chi connectivity index (χ4n) is 1.94. The van der Waals surface area contributed by atoms with Crippen LogP contribution in [-0.2, 0) is 6.54 Å². The molecule has 0 saturated carbocycles. The molecule has 4 nitrogen and oxygen atoms in total. The zero-order chi connectivity index (χ0) is 13.5. The van der Waals surface area contributed by atoms with Gasteiger partial charge in [0.05, 0.1) is 29.0 Å². The van der Waals surface area contributed by atoms with Gasteiger partial charge >= 0.3 is 0 Å². The number of halogens is 1. The van der Waals surface area contributed by atoms with Crippen molar-refractivity contribution in [3.63, 3.8) is 0 Å². The number of rotatable bonds is 8. The van der Waals surface area contributed by atoms with Crippen LogP contribution in [0.1, 0.15) is 38.4 Å². The van der Waals surface area contributed by atoms with Crippen LogP contribution in [0.5, 0.6) is 0 Å². The van der Waals surface area contributed by atoms with Gasteiger partial charge in [-0.05, 0) is 49.4 Å². The molecule has 0 spiro atoms. The summed E-state index contributed by atoms with van der Waals surface area (Å²) < 4.78 is 3.22. The largest absolute Gasteiger partial charge is 0.309 e. The van der Waals surface area contributed by atoms with E-state index >= 15 is 0 Å². The summed E-state index contributed by atoms with van der Waals surface area (Å²) in [7, 11) is 4.18. The molecule has 104 valence electrons. The minimum atomic E-state index is 0.379. The SMILES string of the molecule is CCCNC(CC)c1c(Br)cnn1CCN(C)C. The third kappa shape index (κ3) is 4.37. The van der Waals surface area contributed by atoms with Crippen LogP contribution in [0.4, 0.5) is 0 Å². The first-order valence-corrected chi connectivity index (χ1v) is 7.48. The molecule has 0 aliphatic rings. The average Bonchev–Trinajstić information content (AvgIpc) is 2.70. The van der Waals surface area contributed by atoms with Gasteiger partial charge < -0.3 is 10.2 Å². The second-order valence-electron chi connectivity index (χ2n) is 4.82. The number of nitrogens with zero attached hydrogens (tertiary/aromatic N) is 3. The van der Waals surface area contributed by atoms with Crippen LogP contribution in [0.2, 0.25) is 0 Å². The highest BCUT2D eigenvalue weighted by Gasteiger charge is 2.17. The molecule has 18 heavy (non-hydrogen) atoms. The summed E-state index contributed by atoms with van der Waals surface area (Å²) in [6.45, 7) is 7.38. The predicted octanol–water partition coefficient (Wildman–Crippen LogP) is 2.66. The first-order valence-electron chi connectivity index (χ1n) is 6.69. The van der Waals surface area contributed by atoms with Gasteiger partial charge in [-0.25, -0.2) is 0 Å². The van der Waals surface area contributed by atoms with Gasteiger partial charge in [-0.15, -0.1) is 0 Å². The normalized spacial score (nSPS) is 13.2. The molecule has 1 aromatic rings. The van der Waals surface area contributed by atoms with Crippen molar-refractivity contribution in [2.75, 3.05) is 27.2 Å². The van der Waals surface area contributed by atoms with Crippen molar-refractivity contribution in [2.45, 2.75) is 39.3 Å². The Labute approximate surface area is 119 Å². The van der Waals surface area contributed by atoms with Crippen molar-refractivity contribution in [1.29, 1.82) is 0 Å². The van der Waals surface area contributed by atoms with Crippen LogP contribution in [0.3, 0.4) is 0 Å². The average molecular weight is 317 g/mol. The number of likely N-dealkylation sites (N-methyl/N-ethyl adjacent to an activating group) is 1. The number of nitrogens with one attached hydrogen (secondary N) is 1. The molecule has 1 heterocycles. The Morgan fingerprint density at radius 1 is 1.44 bits per heavy atom. The van der Waals surface area contributed by atoms with Gasteiger partial charge in [-0.3, -0.25) is 4.68 Å². The Balaban J connectivity index is 2.80. The standard InChI is InChI=1S/C13H25BrN4/c1-5-7-15-12(6-2)13-11(14)10-16-18(13)9-8-17(3)4/h10,12,15H,5-9H2,1-4H3. The summed E-state index contributed by atoms with van der Waals surface area (Å²) in [6.07, 6.45) is 4.13. The van der Waals surface area contributed by atoms with Crippen LogP contribution in [0, 0.1) is 0 Å². The molecule has 0 aliphatic carbocycles. The highest BCUT2D eigenvalue weighted by atomic mass is 79.9. The van der Waals surface area contributed by atoms with E-state index < -0.39 is 0 Å². The fourth-order valence-corrected chi connectivity index (χ4v) is 2.52. The second-order valence-corrected chi connectivity index (χ2v) is 5.67. The molecule has 1 aromatic heterocycles. The topological polar surface area (TPSA) is 33.1 Å². The maximum atomic E-state index is 4.47. The van der Waals surface area contributed by atoms with Crippen LogP contribution in [-0.4, -0.2) is 41.9 Å². The zero-order valence-electron chi connectivity index (χ0n) is 11.9. The van der Waals surface area contributed by atoms with Gasteiger partial charge in [0.15, 0.2) is 0 Å². The molecule has 1 unspecified atom stereocenters. The first kappa shape index (κ1) is 15.7. The molecule has 0 amide bonds. The summed E-state index contributed by atoms with van der Waals surface area (Å²) in [6, 6.07) is 0.379. The molecule has 0 fully saturated rings. The van der Waals surface area contributed by atoms with Gasteiger partial charge in [0, 0.05) is 6.54 Å². The second kappa shape index (κ2) is 7.92. The molecule has 0 radical (unpaired) electrons. The molecule has 0 aromatic carbocycles. The summed E-state index contributed by atoms with van der Waals surface area (Å²) in [5.74, 6) is 0. The summed E-state index contributed by atoms with van der Waals surface area (Å²) in [5.41, 5.74) is 1.27. The molecule has 1 N–H and O–H groups in total. The molecule has 0 aliphatic heterocycles. The summed E-state index contributed by atoms with van der Waals surface area (Å²) in [4.78, 5) is 2.18. The lowest BCUT2D eigenvalue weighted by molar-refractivity contribution is 0.360. The molecule has 0 saturated heterocycles. The maximum Gasteiger partial charge on any atom is 0.0696 e. The molecular weight excluding hydrogens is 292 g/mol. The van der Waals surface area contributed by atoms with Crippen molar-refractivity contribution in [3.8, 4) is 0 Å². The van der Waals surface area contributed by atoms with Crippen molar-refractivity contribution in [2.24, 2.45) is 0 Å². The van der Waals surface area contributed by atoms with Gasteiger partial charge in [-0.2, -0.15) is 5.10 Å². The minimum Gasteiger partial charge on any atom is -0.309 e. The Bertz CT molecular complexity index is 349. The van der Waals surface area contributed by atoms with Crippen LogP contribution in [0.15, 0.2) is 10.7 Å². The van der Waals surface area contributed by atoms with E-state index in [4.69, 9.17) is 0 Å². The quantitative estimate of drug-likeness (QED) is 0.800. The Morgan fingerprint density at radius 2 is 2.17 bits per heavy atom. The van der Waals surface area contributed by atoms with Crippen molar-refractivity contribution >= 4 is 15.9 Å². The minimum absolute atomic E-state index is 0.379. The van der Waals surface area contributed by atoms with Crippen LogP contribution < -0.4 is 5.32 Å². The zero-order valence-corrected chi connectivity index (χ0v) is 13.5. The number of hydrogen-bond donors (Lipinski definition) is 1. The molecule has 1 rings (SSSR count). The summed E-state index contributed by atoms with van der Waals surface area (Å²) in [5, 5.41) is 8.05. The van der Waals surface area contributed by atoms with Crippen molar-refractivity contribution in [3.05, 3.63) is 16.4 Å². The first-order chi connectivity index (χ1) is 8.60. The number of hydrogen-bond acceptors (Lipinski definition) is 3. The maximum absolute atomic E-state index is 4.47. The summed E-state index contributed by atoms with van der Waals surface area (Å²) >= 11 is 3.62. The smallest absolute Gasteiger partial charge is 0.0696 e. The van der Waals surface area contributed by atoms with Crippen molar-refractivity contribution in [1.82, 2.24) is 20.0 Å². The van der Waals surface area contributed by atoms with E-state index in [2.05, 4.69) is 63.9 Å². The third-order valence-electron chi connectivity index (χ3n) is 2.97. The molecular formula is C13H25BrN4. The van der Waals surface area contributed by atoms with E-state index in [1.165, 1.54) is 5.69 Å². The van der Waals surface area contributed by atoms with Crippen LogP contribution in [0.25, 0.3) is 0 Å². The van der Waals surface area contributed by atoms with E-state index in [0.717, 1.165) is 36.9 Å². The Kier molecular flexibility index (Phi) is 6.89. The highest BCUT2D eigenvalue weighted by molar-refractivity contribution is 9.10. The fraction of sp³-hybridized carbons (Fsp3) is 0.769. The third-order valence-corrected chi connectivity index (χ3v) is 3.58. The van der Waals surface area contributed by atoms with E-state index in [0.29, 0.717) is 6.04 Å².